The number of fused-ring (bicyclic) bond motifs is 1. The second-order valence-corrected chi connectivity index (χ2v) is 5.72. The minimum Gasteiger partial charge on any atom is -0.454 e. The number of halogens is 1. The van der Waals surface area contributed by atoms with Crippen molar-refractivity contribution in [2.75, 3.05) is 5.32 Å². The largest absolute Gasteiger partial charge is 0.454 e. The molecule has 0 saturated carbocycles. The lowest BCUT2D eigenvalue weighted by Crippen LogP contribution is -1.92. The lowest BCUT2D eigenvalue weighted by molar-refractivity contribution is 0.442. The summed E-state index contributed by atoms with van der Waals surface area (Å²) in [7, 11) is 0. The molecule has 0 amide bonds. The van der Waals surface area contributed by atoms with Crippen LogP contribution in [0, 0.1) is 12.7 Å². The van der Waals surface area contributed by atoms with Gasteiger partial charge in [0.15, 0.2) is 11.6 Å². The Labute approximate surface area is 144 Å². The zero-order valence-electron chi connectivity index (χ0n) is 13.6. The highest BCUT2D eigenvalue weighted by Gasteiger charge is 2.14. The molecule has 0 bridgehead atoms. The topological polar surface area (TPSA) is 49.9 Å². The summed E-state index contributed by atoms with van der Waals surface area (Å²) in [6.07, 6.45) is 0. The molecule has 0 spiro atoms. The van der Waals surface area contributed by atoms with E-state index in [1.165, 1.54) is 0 Å². The van der Waals surface area contributed by atoms with Crippen molar-refractivity contribution in [2.24, 2.45) is 0 Å². The van der Waals surface area contributed by atoms with Crippen LogP contribution in [0.2, 0.25) is 0 Å². The summed E-state index contributed by atoms with van der Waals surface area (Å²) in [6.45, 7) is 1.92. The maximum absolute atomic E-state index is 14.8. The van der Waals surface area contributed by atoms with Crippen molar-refractivity contribution in [1.29, 1.82) is 0 Å². The first kappa shape index (κ1) is 15.2. The van der Waals surface area contributed by atoms with Gasteiger partial charge >= 0.3 is 0 Å². The summed E-state index contributed by atoms with van der Waals surface area (Å²) in [5.74, 6) is 0.768. The van der Waals surface area contributed by atoms with E-state index in [9.17, 15) is 4.39 Å². The first-order chi connectivity index (χ1) is 12.2. The number of ether oxygens (including phenoxy) is 1. The molecule has 0 saturated heterocycles. The fourth-order valence-corrected chi connectivity index (χ4v) is 2.61. The number of hydrogen-bond donors (Lipinski definition) is 2. The van der Waals surface area contributed by atoms with Crippen LogP contribution >= 0.6 is 0 Å². The first-order valence-corrected chi connectivity index (χ1v) is 7.94. The van der Waals surface area contributed by atoms with Crippen molar-refractivity contribution in [3.05, 3.63) is 78.1 Å². The van der Waals surface area contributed by atoms with Gasteiger partial charge in [-0.15, -0.1) is 0 Å². The Morgan fingerprint density at radius 3 is 2.48 bits per heavy atom. The van der Waals surface area contributed by atoms with Crippen LogP contribution in [0.25, 0.3) is 11.0 Å². The summed E-state index contributed by atoms with van der Waals surface area (Å²) in [5, 5.41) is 3.12. The fourth-order valence-electron chi connectivity index (χ4n) is 2.61. The molecule has 0 radical (unpaired) electrons. The third-order valence-corrected chi connectivity index (χ3v) is 3.91. The van der Waals surface area contributed by atoms with Crippen LogP contribution in [0.15, 0.2) is 66.7 Å². The van der Waals surface area contributed by atoms with Crippen molar-refractivity contribution >= 4 is 22.7 Å². The maximum atomic E-state index is 14.8. The zero-order chi connectivity index (χ0) is 17.2. The molecule has 2 N–H and O–H groups in total. The van der Waals surface area contributed by atoms with E-state index in [4.69, 9.17) is 4.74 Å². The van der Waals surface area contributed by atoms with Gasteiger partial charge in [0.1, 0.15) is 11.3 Å². The predicted octanol–water partition coefficient (Wildman–Crippen LogP) is 5.55. The standard InChI is InChI=1S/C20H16FN3O/c1-13-7-5-6-10-16(13)25-17-12-11-15-19(18(17)21)24-20(23-15)22-14-8-3-2-4-9-14/h2-12H,1H3,(H2,22,23,24). The van der Waals surface area contributed by atoms with E-state index in [0.717, 1.165) is 11.3 Å². The van der Waals surface area contributed by atoms with E-state index in [0.29, 0.717) is 17.2 Å². The summed E-state index contributed by atoms with van der Waals surface area (Å²) in [4.78, 5) is 7.38. The minimum atomic E-state index is -0.488. The van der Waals surface area contributed by atoms with Gasteiger partial charge in [-0.25, -0.2) is 9.37 Å². The Morgan fingerprint density at radius 2 is 1.68 bits per heavy atom. The summed E-state index contributed by atoms with van der Waals surface area (Å²) in [5.41, 5.74) is 2.66. The number of rotatable bonds is 4. The van der Waals surface area contributed by atoms with Gasteiger partial charge in [-0.05, 0) is 42.8 Å². The van der Waals surface area contributed by atoms with Crippen molar-refractivity contribution in [3.63, 3.8) is 0 Å². The Morgan fingerprint density at radius 1 is 0.920 bits per heavy atom. The second-order valence-electron chi connectivity index (χ2n) is 5.72. The van der Waals surface area contributed by atoms with Crippen LogP contribution in [0.5, 0.6) is 11.5 Å². The highest BCUT2D eigenvalue weighted by Crippen LogP contribution is 2.31. The average molecular weight is 333 g/mol. The fraction of sp³-hybridized carbons (Fsp3) is 0.0500. The van der Waals surface area contributed by atoms with Crippen LogP contribution in [-0.4, -0.2) is 9.97 Å². The molecule has 0 aliphatic heterocycles. The Hall–Kier alpha value is -3.34. The molecule has 0 aliphatic rings. The van der Waals surface area contributed by atoms with Crippen LogP contribution < -0.4 is 10.1 Å². The zero-order valence-corrected chi connectivity index (χ0v) is 13.6. The number of imidazole rings is 1. The molecule has 0 atom stereocenters. The van der Waals surface area contributed by atoms with Gasteiger partial charge in [0.05, 0.1) is 5.52 Å². The molecule has 0 fully saturated rings. The van der Waals surface area contributed by atoms with Gasteiger partial charge in [0.2, 0.25) is 5.95 Å². The van der Waals surface area contributed by atoms with Crippen molar-refractivity contribution in [1.82, 2.24) is 9.97 Å². The molecule has 0 unspecified atom stereocenters. The maximum Gasteiger partial charge on any atom is 0.205 e. The lowest BCUT2D eigenvalue weighted by Gasteiger charge is -2.09. The highest BCUT2D eigenvalue weighted by atomic mass is 19.1. The third-order valence-electron chi connectivity index (χ3n) is 3.91. The second kappa shape index (κ2) is 6.28. The Bertz CT molecular complexity index is 1030. The quantitative estimate of drug-likeness (QED) is 0.515. The third kappa shape index (κ3) is 3.04. The average Bonchev–Trinajstić information content (AvgIpc) is 3.03. The SMILES string of the molecule is Cc1ccccc1Oc1ccc2[nH]c(Nc3ccccc3)nc2c1F. The number of aromatic amines is 1. The summed E-state index contributed by atoms with van der Waals surface area (Å²) < 4.78 is 20.5. The van der Waals surface area contributed by atoms with Gasteiger partial charge in [0.25, 0.3) is 0 Å². The molecule has 5 heteroatoms. The first-order valence-electron chi connectivity index (χ1n) is 7.94. The molecular weight excluding hydrogens is 317 g/mol. The number of aromatic nitrogens is 2. The number of hydrogen-bond acceptors (Lipinski definition) is 3. The van der Waals surface area contributed by atoms with Gasteiger partial charge in [-0.2, -0.15) is 0 Å². The van der Waals surface area contributed by atoms with E-state index < -0.39 is 5.82 Å². The minimum absolute atomic E-state index is 0.152. The molecule has 4 rings (SSSR count). The van der Waals surface area contributed by atoms with E-state index in [1.807, 2.05) is 61.5 Å². The number of anilines is 2. The van der Waals surface area contributed by atoms with Crippen molar-refractivity contribution in [2.45, 2.75) is 6.92 Å². The number of nitrogens with zero attached hydrogens (tertiary/aromatic N) is 1. The lowest BCUT2D eigenvalue weighted by atomic mass is 10.2. The van der Waals surface area contributed by atoms with Gasteiger partial charge in [0, 0.05) is 5.69 Å². The Balaban J connectivity index is 1.67. The van der Waals surface area contributed by atoms with Crippen LogP contribution in [0.1, 0.15) is 5.56 Å². The van der Waals surface area contributed by atoms with Crippen LogP contribution in [0.4, 0.5) is 16.0 Å². The van der Waals surface area contributed by atoms with Crippen molar-refractivity contribution < 1.29 is 9.13 Å². The van der Waals surface area contributed by atoms with Gasteiger partial charge in [-0.1, -0.05) is 36.4 Å². The molecule has 4 nitrogen and oxygen atoms in total. The molecular formula is C20H16FN3O. The molecule has 4 aromatic rings. The Kier molecular flexibility index (Phi) is 3.82. The summed E-state index contributed by atoms with van der Waals surface area (Å²) >= 11 is 0. The number of para-hydroxylation sites is 2. The predicted molar refractivity (Wildman–Crippen MR) is 97.0 cm³/mol. The van der Waals surface area contributed by atoms with Crippen LogP contribution in [-0.2, 0) is 0 Å². The van der Waals surface area contributed by atoms with E-state index in [1.54, 1.807) is 12.1 Å². The number of nitrogens with one attached hydrogen (secondary N) is 2. The molecule has 124 valence electrons. The molecule has 25 heavy (non-hydrogen) atoms. The number of H-pyrrole nitrogens is 1. The highest BCUT2D eigenvalue weighted by molar-refractivity contribution is 5.80. The van der Waals surface area contributed by atoms with E-state index in [-0.39, 0.29) is 11.3 Å². The summed E-state index contributed by atoms with van der Waals surface area (Å²) in [6, 6.07) is 20.5. The smallest absolute Gasteiger partial charge is 0.205 e. The normalized spacial score (nSPS) is 10.8. The van der Waals surface area contributed by atoms with Crippen molar-refractivity contribution in [3.8, 4) is 11.5 Å². The molecule has 1 heterocycles. The number of benzene rings is 3. The molecule has 1 aromatic heterocycles. The van der Waals surface area contributed by atoms with Crippen LogP contribution in [0.3, 0.4) is 0 Å². The molecule has 3 aromatic carbocycles. The van der Waals surface area contributed by atoms with Gasteiger partial charge < -0.3 is 15.0 Å². The van der Waals surface area contributed by atoms with E-state index >= 15 is 0 Å². The molecule has 0 aliphatic carbocycles. The monoisotopic (exact) mass is 333 g/mol. The number of aryl methyl sites for hydroxylation is 1. The van der Waals surface area contributed by atoms with E-state index in [2.05, 4.69) is 15.3 Å². The van der Waals surface area contributed by atoms with Gasteiger partial charge in [-0.3, -0.25) is 0 Å².